The van der Waals surface area contributed by atoms with Crippen LogP contribution in [0, 0.1) is 5.82 Å². The molecule has 0 heterocycles. The molecular weight excluding hydrogens is 411 g/mol. The van der Waals surface area contributed by atoms with E-state index in [0.29, 0.717) is 0 Å². The van der Waals surface area contributed by atoms with Crippen LogP contribution >= 0.6 is 11.6 Å². The van der Waals surface area contributed by atoms with Gasteiger partial charge >= 0.3 is 5.97 Å². The van der Waals surface area contributed by atoms with Crippen molar-refractivity contribution >= 4 is 44.9 Å². The SMILES string of the molecule is CCOC(=O)c1ccc(NC(=O)CN(c2ccc(F)cc2)S(C)(=O)=O)c(Cl)c1. The second kappa shape index (κ2) is 9.03. The summed E-state index contributed by atoms with van der Waals surface area (Å²) in [5.41, 5.74) is 0.559. The third kappa shape index (κ3) is 5.67. The summed E-state index contributed by atoms with van der Waals surface area (Å²) in [6.45, 7) is 1.34. The van der Waals surface area contributed by atoms with Gasteiger partial charge < -0.3 is 10.1 Å². The number of hydrogen-bond acceptors (Lipinski definition) is 5. The van der Waals surface area contributed by atoms with E-state index in [1.165, 1.54) is 30.3 Å². The molecule has 0 fully saturated rings. The van der Waals surface area contributed by atoms with E-state index < -0.39 is 34.3 Å². The third-order valence-electron chi connectivity index (χ3n) is 3.56. The normalized spacial score (nSPS) is 11.0. The topological polar surface area (TPSA) is 92.8 Å². The molecule has 0 radical (unpaired) electrons. The summed E-state index contributed by atoms with van der Waals surface area (Å²) < 4.78 is 42.8. The van der Waals surface area contributed by atoms with E-state index >= 15 is 0 Å². The minimum absolute atomic E-state index is 0.0894. The van der Waals surface area contributed by atoms with E-state index in [1.807, 2.05) is 0 Å². The monoisotopic (exact) mass is 428 g/mol. The van der Waals surface area contributed by atoms with Crippen molar-refractivity contribution in [1.29, 1.82) is 0 Å². The van der Waals surface area contributed by atoms with Crippen molar-refractivity contribution in [3.05, 3.63) is 58.9 Å². The van der Waals surface area contributed by atoms with Gasteiger partial charge in [-0.25, -0.2) is 17.6 Å². The maximum atomic E-state index is 13.1. The number of anilines is 2. The van der Waals surface area contributed by atoms with Crippen molar-refractivity contribution in [1.82, 2.24) is 0 Å². The first-order chi connectivity index (χ1) is 13.1. The minimum Gasteiger partial charge on any atom is -0.462 e. The van der Waals surface area contributed by atoms with Crippen LogP contribution in [0.15, 0.2) is 42.5 Å². The molecule has 0 aliphatic heterocycles. The lowest BCUT2D eigenvalue weighted by Gasteiger charge is -2.22. The van der Waals surface area contributed by atoms with Crippen LogP contribution < -0.4 is 9.62 Å². The van der Waals surface area contributed by atoms with Gasteiger partial charge in [0.2, 0.25) is 15.9 Å². The standard InChI is InChI=1S/C18H18ClFN2O5S/c1-3-27-18(24)12-4-9-16(15(19)10-12)21-17(23)11-22(28(2,25)26)14-7-5-13(20)6-8-14/h4-10H,3,11H2,1-2H3,(H,21,23). The number of hydrogen-bond donors (Lipinski definition) is 1. The molecule has 1 N–H and O–H groups in total. The number of carbonyl (C=O) groups is 2. The highest BCUT2D eigenvalue weighted by molar-refractivity contribution is 7.92. The molecule has 0 atom stereocenters. The summed E-state index contributed by atoms with van der Waals surface area (Å²) in [7, 11) is -3.80. The summed E-state index contributed by atoms with van der Waals surface area (Å²) in [6.07, 6.45) is 0.935. The van der Waals surface area contributed by atoms with Crippen molar-refractivity contribution in [2.24, 2.45) is 0 Å². The Morgan fingerprint density at radius 2 is 1.82 bits per heavy atom. The molecule has 150 valence electrons. The fourth-order valence-corrected chi connectivity index (χ4v) is 3.37. The number of amides is 1. The van der Waals surface area contributed by atoms with Crippen LogP contribution in [0.1, 0.15) is 17.3 Å². The Kier molecular flexibility index (Phi) is 6.98. The predicted octanol–water partition coefficient (Wildman–Crippen LogP) is 3.06. The van der Waals surface area contributed by atoms with E-state index in [1.54, 1.807) is 6.92 Å². The number of rotatable bonds is 7. The van der Waals surface area contributed by atoms with Crippen LogP contribution in [0.4, 0.5) is 15.8 Å². The molecule has 2 aromatic carbocycles. The smallest absolute Gasteiger partial charge is 0.338 e. The second-order valence-corrected chi connectivity index (χ2v) is 8.02. The molecule has 7 nitrogen and oxygen atoms in total. The molecule has 0 aromatic heterocycles. The van der Waals surface area contributed by atoms with Gasteiger partial charge in [-0.05, 0) is 49.4 Å². The Morgan fingerprint density at radius 3 is 2.36 bits per heavy atom. The molecule has 0 unspecified atom stereocenters. The first kappa shape index (κ1) is 21.6. The number of benzene rings is 2. The molecular formula is C18H18ClFN2O5S. The molecule has 28 heavy (non-hydrogen) atoms. The first-order valence-corrected chi connectivity index (χ1v) is 10.3. The molecule has 0 spiro atoms. The van der Waals surface area contributed by atoms with E-state index in [-0.39, 0.29) is 28.6 Å². The number of carbonyl (C=O) groups excluding carboxylic acids is 2. The highest BCUT2D eigenvalue weighted by Gasteiger charge is 2.21. The average molecular weight is 429 g/mol. The van der Waals surface area contributed by atoms with Gasteiger partial charge in [0.25, 0.3) is 0 Å². The van der Waals surface area contributed by atoms with Gasteiger partial charge in [-0.2, -0.15) is 0 Å². The van der Waals surface area contributed by atoms with Crippen LogP contribution in [-0.2, 0) is 19.6 Å². The van der Waals surface area contributed by atoms with E-state index in [0.717, 1.165) is 22.7 Å². The van der Waals surface area contributed by atoms with Gasteiger partial charge in [-0.1, -0.05) is 11.6 Å². The fraction of sp³-hybridized carbons (Fsp3) is 0.222. The van der Waals surface area contributed by atoms with E-state index in [2.05, 4.69) is 5.32 Å². The Morgan fingerprint density at radius 1 is 1.18 bits per heavy atom. The quantitative estimate of drug-likeness (QED) is 0.684. The summed E-state index contributed by atoms with van der Waals surface area (Å²) in [5, 5.41) is 2.58. The van der Waals surface area contributed by atoms with Gasteiger partial charge in [-0.15, -0.1) is 0 Å². The van der Waals surface area contributed by atoms with E-state index in [4.69, 9.17) is 16.3 Å². The summed E-state index contributed by atoms with van der Waals surface area (Å²) >= 11 is 6.08. The van der Waals surface area contributed by atoms with Crippen molar-refractivity contribution in [2.45, 2.75) is 6.92 Å². The zero-order valence-electron chi connectivity index (χ0n) is 15.1. The summed E-state index contributed by atoms with van der Waals surface area (Å²) in [4.78, 5) is 24.0. The molecule has 0 aliphatic rings. The molecule has 10 heteroatoms. The summed E-state index contributed by atoms with van der Waals surface area (Å²) in [5.74, 6) is -1.75. The molecule has 0 saturated carbocycles. The van der Waals surface area contributed by atoms with Gasteiger partial charge in [0.1, 0.15) is 12.4 Å². The van der Waals surface area contributed by atoms with Gasteiger partial charge in [0.05, 0.1) is 34.8 Å². The van der Waals surface area contributed by atoms with E-state index in [9.17, 15) is 22.4 Å². The molecule has 2 aromatic rings. The maximum Gasteiger partial charge on any atom is 0.338 e. The lowest BCUT2D eigenvalue weighted by molar-refractivity contribution is -0.114. The highest BCUT2D eigenvalue weighted by Crippen LogP contribution is 2.24. The number of sulfonamides is 1. The zero-order chi connectivity index (χ0) is 20.9. The first-order valence-electron chi connectivity index (χ1n) is 8.11. The van der Waals surface area contributed by atoms with Gasteiger partial charge in [0.15, 0.2) is 0 Å². The lowest BCUT2D eigenvalue weighted by Crippen LogP contribution is -2.37. The Balaban J connectivity index is 2.17. The number of nitrogens with one attached hydrogen (secondary N) is 1. The minimum atomic E-state index is -3.80. The second-order valence-electron chi connectivity index (χ2n) is 5.71. The Labute approximate surface area is 167 Å². The average Bonchev–Trinajstić information content (AvgIpc) is 2.61. The van der Waals surface area contributed by atoms with Gasteiger partial charge in [0, 0.05) is 0 Å². The van der Waals surface area contributed by atoms with Crippen molar-refractivity contribution in [2.75, 3.05) is 29.0 Å². The molecule has 1 amide bonds. The van der Waals surface area contributed by atoms with Crippen LogP contribution in [0.5, 0.6) is 0 Å². The van der Waals surface area contributed by atoms with Crippen molar-refractivity contribution in [3.8, 4) is 0 Å². The number of halogens is 2. The van der Waals surface area contributed by atoms with Crippen LogP contribution in [0.2, 0.25) is 5.02 Å². The number of ether oxygens (including phenoxy) is 1. The van der Waals surface area contributed by atoms with Crippen LogP contribution in [0.25, 0.3) is 0 Å². The molecule has 2 rings (SSSR count). The number of nitrogens with zero attached hydrogens (tertiary/aromatic N) is 1. The fourth-order valence-electron chi connectivity index (χ4n) is 2.29. The largest absolute Gasteiger partial charge is 0.462 e. The predicted molar refractivity (Wildman–Crippen MR) is 105 cm³/mol. The third-order valence-corrected chi connectivity index (χ3v) is 5.01. The van der Waals surface area contributed by atoms with Crippen LogP contribution in [-0.4, -0.2) is 39.7 Å². The van der Waals surface area contributed by atoms with Crippen molar-refractivity contribution in [3.63, 3.8) is 0 Å². The Hall–Kier alpha value is -2.65. The highest BCUT2D eigenvalue weighted by atomic mass is 35.5. The lowest BCUT2D eigenvalue weighted by atomic mass is 10.2. The Bertz CT molecular complexity index is 980. The maximum absolute atomic E-state index is 13.1. The molecule has 0 bridgehead atoms. The molecule has 0 aliphatic carbocycles. The summed E-state index contributed by atoms with van der Waals surface area (Å²) in [6, 6.07) is 8.87. The van der Waals surface area contributed by atoms with Gasteiger partial charge in [-0.3, -0.25) is 9.10 Å². The molecule has 0 saturated heterocycles. The zero-order valence-corrected chi connectivity index (χ0v) is 16.7. The van der Waals surface area contributed by atoms with Crippen molar-refractivity contribution < 1.29 is 27.1 Å². The number of esters is 1. The van der Waals surface area contributed by atoms with Crippen LogP contribution in [0.3, 0.4) is 0 Å².